The van der Waals surface area contributed by atoms with Gasteiger partial charge in [-0.25, -0.2) is 0 Å². The lowest BCUT2D eigenvalue weighted by Gasteiger charge is -2.26. The van der Waals surface area contributed by atoms with Gasteiger partial charge in [0, 0.05) is 31.5 Å². The normalized spacial score (nSPS) is 15.1. The summed E-state index contributed by atoms with van der Waals surface area (Å²) in [6, 6.07) is 17.6. The monoisotopic (exact) mass is 334 g/mol. The lowest BCUT2D eigenvalue weighted by atomic mass is 9.80. The predicted octanol–water partition coefficient (Wildman–Crippen LogP) is 5.71. The molecule has 0 aromatic heterocycles. The number of para-hydroxylation sites is 1. The summed E-state index contributed by atoms with van der Waals surface area (Å²) in [4.78, 5) is 2.48. The summed E-state index contributed by atoms with van der Waals surface area (Å²) in [5, 5.41) is 3.31. The molecule has 25 heavy (non-hydrogen) atoms. The fourth-order valence-corrected chi connectivity index (χ4v) is 3.66. The van der Waals surface area contributed by atoms with Crippen LogP contribution in [0, 0.1) is 0 Å². The Morgan fingerprint density at radius 1 is 1.00 bits per heavy atom. The molecular formula is C23H30N2. The van der Waals surface area contributed by atoms with E-state index in [-0.39, 0.29) is 5.41 Å². The van der Waals surface area contributed by atoms with Crippen molar-refractivity contribution in [3.05, 3.63) is 65.7 Å². The van der Waals surface area contributed by atoms with E-state index in [1.165, 1.54) is 48.4 Å². The number of nitrogens with one attached hydrogen (secondary N) is 1. The van der Waals surface area contributed by atoms with Gasteiger partial charge in [0.1, 0.15) is 0 Å². The van der Waals surface area contributed by atoms with Gasteiger partial charge in [-0.05, 0) is 54.0 Å². The van der Waals surface area contributed by atoms with Gasteiger partial charge in [-0.15, -0.1) is 0 Å². The fourth-order valence-electron chi connectivity index (χ4n) is 3.66. The quantitative estimate of drug-likeness (QED) is 0.728. The summed E-state index contributed by atoms with van der Waals surface area (Å²) in [5.41, 5.74) is 5.33. The van der Waals surface area contributed by atoms with Crippen molar-refractivity contribution < 1.29 is 0 Å². The van der Waals surface area contributed by atoms with Crippen molar-refractivity contribution in [1.82, 2.24) is 0 Å². The van der Waals surface area contributed by atoms with E-state index in [1.54, 1.807) is 0 Å². The van der Waals surface area contributed by atoms with Crippen LogP contribution in [-0.2, 0) is 5.41 Å². The molecule has 0 aliphatic carbocycles. The Labute approximate surface area is 152 Å². The predicted molar refractivity (Wildman–Crippen MR) is 111 cm³/mol. The van der Waals surface area contributed by atoms with Crippen LogP contribution in [0.3, 0.4) is 0 Å². The molecule has 3 rings (SSSR count). The van der Waals surface area contributed by atoms with Gasteiger partial charge in [0.05, 0.1) is 0 Å². The van der Waals surface area contributed by atoms with Crippen LogP contribution in [0.5, 0.6) is 0 Å². The average molecular weight is 335 g/mol. The maximum atomic E-state index is 3.31. The summed E-state index contributed by atoms with van der Waals surface area (Å²) >= 11 is 0. The van der Waals surface area contributed by atoms with Crippen LogP contribution < -0.4 is 10.2 Å². The number of nitrogens with zero attached hydrogens (tertiary/aromatic N) is 1. The molecule has 0 unspecified atom stereocenters. The minimum absolute atomic E-state index is 0.103. The molecule has 0 bridgehead atoms. The minimum atomic E-state index is 0.103. The van der Waals surface area contributed by atoms with Gasteiger partial charge in [0.15, 0.2) is 0 Å². The molecule has 1 N–H and O–H groups in total. The third-order valence-electron chi connectivity index (χ3n) is 5.23. The van der Waals surface area contributed by atoms with E-state index in [0.29, 0.717) is 0 Å². The Morgan fingerprint density at radius 3 is 2.36 bits per heavy atom. The highest BCUT2D eigenvalue weighted by Crippen LogP contribution is 2.33. The van der Waals surface area contributed by atoms with Gasteiger partial charge in [0.25, 0.3) is 0 Å². The van der Waals surface area contributed by atoms with Crippen molar-refractivity contribution in [3.8, 4) is 0 Å². The van der Waals surface area contributed by atoms with E-state index in [2.05, 4.69) is 84.7 Å². The molecule has 1 aliphatic heterocycles. The highest BCUT2D eigenvalue weighted by Gasteiger charge is 2.21. The third kappa shape index (κ3) is 4.25. The second kappa shape index (κ2) is 7.77. The maximum Gasteiger partial charge on any atom is 0.0375 e. The maximum absolute atomic E-state index is 3.31. The standard InChI is InChI=1S/C23H30N2/c1-23(2,21-10-4-5-11-22(21)24-3)16-8-9-19-12-14-20(15-13-19)25-17-6-7-18-25/h4-5,8-15,24H,6-7,16-18H2,1-3H3/b9-8+. The number of hydrogen-bond donors (Lipinski definition) is 1. The van der Waals surface area contributed by atoms with E-state index in [0.717, 1.165) is 6.42 Å². The van der Waals surface area contributed by atoms with Crippen LogP contribution in [-0.4, -0.2) is 20.1 Å². The van der Waals surface area contributed by atoms with Crippen LogP contribution in [0.2, 0.25) is 0 Å². The lowest BCUT2D eigenvalue weighted by molar-refractivity contribution is 0.536. The summed E-state index contributed by atoms with van der Waals surface area (Å²) in [6.07, 6.45) is 8.21. The zero-order valence-corrected chi connectivity index (χ0v) is 15.8. The Bertz CT molecular complexity index is 707. The average Bonchev–Trinajstić information content (AvgIpc) is 3.17. The number of hydrogen-bond acceptors (Lipinski definition) is 2. The lowest BCUT2D eigenvalue weighted by Crippen LogP contribution is -2.17. The molecular weight excluding hydrogens is 304 g/mol. The van der Waals surface area contributed by atoms with Crippen LogP contribution in [0.25, 0.3) is 6.08 Å². The van der Waals surface area contributed by atoms with Crippen molar-refractivity contribution in [2.75, 3.05) is 30.4 Å². The summed E-state index contributed by atoms with van der Waals surface area (Å²) in [7, 11) is 1.99. The summed E-state index contributed by atoms with van der Waals surface area (Å²) in [5.74, 6) is 0. The zero-order valence-electron chi connectivity index (χ0n) is 15.8. The smallest absolute Gasteiger partial charge is 0.0375 e. The van der Waals surface area contributed by atoms with Crippen LogP contribution >= 0.6 is 0 Å². The minimum Gasteiger partial charge on any atom is -0.388 e. The molecule has 2 nitrogen and oxygen atoms in total. The van der Waals surface area contributed by atoms with Gasteiger partial charge >= 0.3 is 0 Å². The Hall–Kier alpha value is -2.22. The second-order valence-corrected chi connectivity index (χ2v) is 7.57. The third-order valence-corrected chi connectivity index (χ3v) is 5.23. The molecule has 1 aliphatic rings. The first-order chi connectivity index (χ1) is 12.1. The number of anilines is 2. The molecule has 0 atom stereocenters. The van der Waals surface area contributed by atoms with E-state index < -0.39 is 0 Å². The van der Waals surface area contributed by atoms with Gasteiger partial charge < -0.3 is 10.2 Å². The first-order valence-corrected chi connectivity index (χ1v) is 9.39. The molecule has 132 valence electrons. The summed E-state index contributed by atoms with van der Waals surface area (Å²) in [6.45, 7) is 7.02. The molecule has 0 radical (unpaired) electrons. The first kappa shape index (κ1) is 17.6. The number of benzene rings is 2. The van der Waals surface area contributed by atoms with Crippen molar-refractivity contribution in [2.24, 2.45) is 0 Å². The first-order valence-electron chi connectivity index (χ1n) is 9.39. The highest BCUT2D eigenvalue weighted by molar-refractivity contribution is 5.57. The molecule has 0 spiro atoms. The van der Waals surface area contributed by atoms with E-state index in [1.807, 2.05) is 7.05 Å². The van der Waals surface area contributed by atoms with Crippen molar-refractivity contribution in [2.45, 2.75) is 38.5 Å². The molecule has 1 saturated heterocycles. The zero-order chi connectivity index (χ0) is 17.7. The summed E-state index contributed by atoms with van der Waals surface area (Å²) < 4.78 is 0. The topological polar surface area (TPSA) is 15.3 Å². The van der Waals surface area contributed by atoms with Crippen LogP contribution in [0.1, 0.15) is 44.2 Å². The Kier molecular flexibility index (Phi) is 5.47. The molecule has 0 amide bonds. The molecule has 2 aromatic rings. The SMILES string of the molecule is CNc1ccccc1C(C)(C)C/C=C/c1ccc(N2CCCC2)cc1. The Balaban J connectivity index is 1.65. The van der Waals surface area contributed by atoms with Gasteiger partial charge in [-0.3, -0.25) is 0 Å². The molecule has 1 heterocycles. The number of allylic oxidation sites excluding steroid dienone is 1. The fraction of sp³-hybridized carbons (Fsp3) is 0.391. The van der Waals surface area contributed by atoms with Crippen LogP contribution in [0.15, 0.2) is 54.6 Å². The van der Waals surface area contributed by atoms with Gasteiger partial charge in [0.2, 0.25) is 0 Å². The van der Waals surface area contributed by atoms with Crippen LogP contribution in [0.4, 0.5) is 11.4 Å². The van der Waals surface area contributed by atoms with Gasteiger partial charge in [-0.1, -0.05) is 56.3 Å². The molecule has 2 heteroatoms. The van der Waals surface area contributed by atoms with Crippen molar-refractivity contribution in [1.29, 1.82) is 0 Å². The molecule has 2 aromatic carbocycles. The second-order valence-electron chi connectivity index (χ2n) is 7.57. The van der Waals surface area contributed by atoms with Gasteiger partial charge in [-0.2, -0.15) is 0 Å². The molecule has 1 fully saturated rings. The van der Waals surface area contributed by atoms with Crippen molar-refractivity contribution in [3.63, 3.8) is 0 Å². The van der Waals surface area contributed by atoms with E-state index in [9.17, 15) is 0 Å². The highest BCUT2D eigenvalue weighted by atomic mass is 15.1. The largest absolute Gasteiger partial charge is 0.388 e. The van der Waals surface area contributed by atoms with E-state index in [4.69, 9.17) is 0 Å². The number of rotatable bonds is 6. The van der Waals surface area contributed by atoms with Crippen molar-refractivity contribution >= 4 is 17.5 Å². The Morgan fingerprint density at radius 2 is 1.68 bits per heavy atom. The molecule has 0 saturated carbocycles. The van der Waals surface area contributed by atoms with E-state index >= 15 is 0 Å².